The van der Waals surface area contributed by atoms with Crippen molar-refractivity contribution in [3.05, 3.63) is 29.8 Å². The Kier molecular flexibility index (Phi) is 5.92. The van der Waals surface area contributed by atoms with Gasteiger partial charge < -0.3 is 15.4 Å². The fourth-order valence-corrected chi connectivity index (χ4v) is 1.88. The molecule has 1 rings (SSSR count). The lowest BCUT2D eigenvalue weighted by molar-refractivity contribution is -0.207. The molecule has 0 fully saturated rings. The van der Waals surface area contributed by atoms with E-state index in [9.17, 15) is 35.9 Å². The average Bonchev–Trinajstić information content (AvgIpc) is 2.44. The van der Waals surface area contributed by atoms with E-state index < -0.39 is 47.7 Å². The number of amides is 1. The van der Waals surface area contributed by atoms with Crippen LogP contribution in [0.15, 0.2) is 24.3 Å². The predicted molar refractivity (Wildman–Crippen MR) is 74.3 cm³/mol. The summed E-state index contributed by atoms with van der Waals surface area (Å²) in [6.45, 7) is 1.51. The van der Waals surface area contributed by atoms with Crippen LogP contribution in [0, 0.1) is 0 Å². The topological polar surface area (TPSA) is 67.4 Å². The third-order valence-electron chi connectivity index (χ3n) is 2.89. The largest absolute Gasteiger partial charge is 0.463 e. The van der Waals surface area contributed by atoms with Gasteiger partial charge in [0.1, 0.15) is 0 Å². The first-order valence-electron chi connectivity index (χ1n) is 6.81. The summed E-state index contributed by atoms with van der Waals surface area (Å²) in [4.78, 5) is 23.1. The second kappa shape index (κ2) is 7.19. The van der Waals surface area contributed by atoms with Crippen molar-refractivity contribution in [1.82, 2.24) is 5.32 Å². The second-order valence-electron chi connectivity index (χ2n) is 4.85. The monoisotopic (exact) mass is 372 g/mol. The highest BCUT2D eigenvalue weighted by Gasteiger charge is 2.63. The van der Waals surface area contributed by atoms with Gasteiger partial charge in [0.15, 0.2) is 0 Å². The van der Waals surface area contributed by atoms with Gasteiger partial charge in [-0.15, -0.1) is 0 Å². The van der Waals surface area contributed by atoms with Crippen LogP contribution in [0.5, 0.6) is 0 Å². The van der Waals surface area contributed by atoms with Crippen LogP contribution >= 0.6 is 0 Å². The van der Waals surface area contributed by atoms with Crippen LogP contribution < -0.4 is 10.6 Å². The first-order chi connectivity index (χ1) is 11.3. The number of alkyl halides is 6. The number of carbonyl (C=O) groups is 2. The van der Waals surface area contributed by atoms with Crippen LogP contribution in [-0.4, -0.2) is 30.3 Å². The molecule has 0 heterocycles. The zero-order chi connectivity index (χ0) is 19.5. The lowest BCUT2D eigenvalue weighted by Gasteiger charge is -2.35. The molecule has 11 heteroatoms. The molecular formula is C14H14F6N2O3. The summed E-state index contributed by atoms with van der Waals surface area (Å²) in [5.41, 5.74) is -5.66. The number of anilines is 1. The van der Waals surface area contributed by atoms with Crippen molar-refractivity contribution < 1.29 is 40.7 Å². The number of rotatable bonds is 5. The maximum atomic E-state index is 13.5. The summed E-state index contributed by atoms with van der Waals surface area (Å²) in [6.07, 6.45) is -10.2. The highest BCUT2D eigenvalue weighted by Crippen LogP contribution is 2.35. The molecule has 0 radical (unpaired) electrons. The lowest BCUT2D eigenvalue weighted by Crippen LogP contribution is -2.69. The Balaban J connectivity index is 3.42. The average molecular weight is 372 g/mol. The van der Waals surface area contributed by atoms with E-state index in [1.165, 1.54) is 12.2 Å². The molecule has 0 aliphatic heterocycles. The smallest absolute Gasteiger partial charge is 0.441 e. The molecule has 5 nitrogen and oxygen atoms in total. The van der Waals surface area contributed by atoms with E-state index in [0.717, 1.165) is 12.1 Å². The Labute approximate surface area is 138 Å². The van der Waals surface area contributed by atoms with Gasteiger partial charge in [-0.25, -0.2) is 4.79 Å². The molecule has 1 aromatic carbocycles. The fraction of sp³-hybridized carbons (Fsp3) is 0.429. The zero-order valence-electron chi connectivity index (χ0n) is 13.0. The van der Waals surface area contributed by atoms with Gasteiger partial charge in [-0.05, 0) is 25.1 Å². The van der Waals surface area contributed by atoms with E-state index in [0.29, 0.717) is 19.1 Å². The molecule has 0 saturated heterocycles. The van der Waals surface area contributed by atoms with E-state index in [1.54, 1.807) is 5.32 Å². The van der Waals surface area contributed by atoms with E-state index in [1.807, 2.05) is 0 Å². The zero-order valence-corrected chi connectivity index (χ0v) is 13.0. The predicted octanol–water partition coefficient (Wildman–Crippen LogP) is 3.08. The van der Waals surface area contributed by atoms with Crippen molar-refractivity contribution in [1.29, 1.82) is 0 Å². The third-order valence-corrected chi connectivity index (χ3v) is 2.89. The van der Waals surface area contributed by atoms with Gasteiger partial charge in [0, 0.05) is 12.6 Å². The Morgan fingerprint density at radius 3 is 2.16 bits per heavy atom. The van der Waals surface area contributed by atoms with Gasteiger partial charge >= 0.3 is 24.0 Å². The Bertz CT molecular complexity index is 644. The van der Waals surface area contributed by atoms with Gasteiger partial charge in [0.25, 0.3) is 0 Å². The van der Waals surface area contributed by atoms with Crippen molar-refractivity contribution in [2.24, 2.45) is 0 Å². The maximum Gasteiger partial charge on any atom is 0.441 e. The Hall–Kier alpha value is -2.46. The van der Waals surface area contributed by atoms with E-state index in [-0.39, 0.29) is 0 Å². The molecule has 0 aliphatic rings. The number of hydrogen-bond acceptors (Lipinski definition) is 4. The number of ether oxygens (including phenoxy) is 1. The summed E-state index contributed by atoms with van der Waals surface area (Å²) in [5, 5.41) is 3.02. The van der Waals surface area contributed by atoms with Crippen molar-refractivity contribution in [2.75, 3.05) is 11.9 Å². The van der Waals surface area contributed by atoms with Gasteiger partial charge in [0.05, 0.1) is 12.2 Å². The molecule has 0 aromatic heterocycles. The van der Waals surface area contributed by atoms with Crippen LogP contribution in [0.4, 0.5) is 32.0 Å². The molecular weight excluding hydrogens is 358 g/mol. The molecule has 0 saturated carbocycles. The Morgan fingerprint density at radius 1 is 1.12 bits per heavy atom. The van der Waals surface area contributed by atoms with Crippen molar-refractivity contribution in [3.8, 4) is 0 Å². The minimum absolute atomic E-state index is 0.377. The highest BCUT2D eigenvalue weighted by molar-refractivity contribution is 5.90. The van der Waals surface area contributed by atoms with Crippen LogP contribution in [-0.2, 0) is 20.5 Å². The summed E-state index contributed by atoms with van der Waals surface area (Å²) >= 11 is 0. The number of esters is 1. The van der Waals surface area contributed by atoms with Crippen molar-refractivity contribution in [3.63, 3.8) is 0 Å². The summed E-state index contributed by atoms with van der Waals surface area (Å²) in [6, 6.07) is 2.76. The quantitative estimate of drug-likeness (QED) is 0.474. The molecule has 0 spiro atoms. The number of nitrogens with one attached hydrogen (secondary N) is 2. The molecule has 25 heavy (non-hydrogen) atoms. The standard InChI is InChI=1S/C14H14F6N2O3/c1-3-25-11(24)12(14(18,19)20,21-8(2)23)22-10-6-4-5-9(7-10)13(15,16)17/h4-7,22H,3H2,1-2H3,(H,21,23)/t12-/m1/s1. The molecule has 2 N–H and O–H groups in total. The molecule has 1 amide bonds. The van der Waals surface area contributed by atoms with Crippen molar-refractivity contribution in [2.45, 2.75) is 31.9 Å². The number of carbonyl (C=O) groups excluding carboxylic acids is 2. The normalized spacial score (nSPS) is 14.4. The summed E-state index contributed by atoms with van der Waals surface area (Å²) in [5.74, 6) is -3.15. The van der Waals surface area contributed by atoms with E-state index in [4.69, 9.17) is 0 Å². The fourth-order valence-electron chi connectivity index (χ4n) is 1.88. The third kappa shape index (κ3) is 4.77. The molecule has 0 unspecified atom stereocenters. The maximum absolute atomic E-state index is 13.5. The number of hydrogen-bond donors (Lipinski definition) is 2. The van der Waals surface area contributed by atoms with Crippen LogP contribution in [0.2, 0.25) is 0 Å². The van der Waals surface area contributed by atoms with Gasteiger partial charge in [-0.2, -0.15) is 26.3 Å². The number of benzene rings is 1. The van der Waals surface area contributed by atoms with Crippen molar-refractivity contribution >= 4 is 17.6 Å². The van der Waals surface area contributed by atoms with Gasteiger partial charge in [-0.3, -0.25) is 4.79 Å². The van der Waals surface area contributed by atoms with Gasteiger partial charge in [0.2, 0.25) is 5.91 Å². The SMILES string of the molecule is CCOC(=O)[C@@](NC(C)=O)(Nc1cccc(C(F)(F)F)c1)C(F)(F)F. The lowest BCUT2D eigenvalue weighted by atomic mass is 10.1. The van der Waals surface area contributed by atoms with Crippen LogP contribution in [0.25, 0.3) is 0 Å². The van der Waals surface area contributed by atoms with Gasteiger partial charge in [-0.1, -0.05) is 6.07 Å². The minimum atomic E-state index is -5.40. The van der Waals surface area contributed by atoms with E-state index in [2.05, 4.69) is 4.74 Å². The molecule has 1 aromatic rings. The first kappa shape index (κ1) is 20.6. The second-order valence-corrected chi connectivity index (χ2v) is 4.85. The van der Waals surface area contributed by atoms with E-state index >= 15 is 0 Å². The van der Waals surface area contributed by atoms with Crippen LogP contribution in [0.3, 0.4) is 0 Å². The van der Waals surface area contributed by atoms with Crippen LogP contribution in [0.1, 0.15) is 19.4 Å². The highest BCUT2D eigenvalue weighted by atomic mass is 19.4. The molecule has 140 valence electrons. The first-order valence-corrected chi connectivity index (χ1v) is 6.81. The molecule has 0 aliphatic carbocycles. The number of halogens is 6. The Morgan fingerprint density at radius 2 is 1.72 bits per heavy atom. The minimum Gasteiger partial charge on any atom is -0.463 e. The summed E-state index contributed by atoms with van der Waals surface area (Å²) in [7, 11) is 0. The summed E-state index contributed by atoms with van der Waals surface area (Å²) < 4.78 is 83.1. The molecule has 0 bridgehead atoms. The molecule has 1 atom stereocenters.